The van der Waals surface area contributed by atoms with Crippen LogP contribution in [0.25, 0.3) is 0 Å². The SMILES string of the molecule is Nc1nnc(OC[C@H]2COCCO2)s1. The molecule has 0 radical (unpaired) electrons. The van der Waals surface area contributed by atoms with Gasteiger partial charge in [0.2, 0.25) is 5.13 Å². The van der Waals surface area contributed by atoms with E-state index in [1.54, 1.807) is 0 Å². The fraction of sp³-hybridized carbons (Fsp3) is 0.714. The van der Waals surface area contributed by atoms with Crippen LogP contribution < -0.4 is 10.5 Å². The maximum Gasteiger partial charge on any atom is 0.295 e. The van der Waals surface area contributed by atoms with Crippen LogP contribution in [-0.4, -0.2) is 42.7 Å². The van der Waals surface area contributed by atoms with Gasteiger partial charge in [0.1, 0.15) is 12.7 Å². The number of anilines is 1. The molecule has 1 fully saturated rings. The summed E-state index contributed by atoms with van der Waals surface area (Å²) in [5.74, 6) is 0. The summed E-state index contributed by atoms with van der Waals surface area (Å²) in [4.78, 5) is 0. The average molecular weight is 217 g/mol. The molecule has 0 spiro atoms. The molecule has 1 aliphatic rings. The van der Waals surface area contributed by atoms with Crippen LogP contribution in [0.15, 0.2) is 0 Å². The van der Waals surface area contributed by atoms with Gasteiger partial charge in [-0.25, -0.2) is 0 Å². The second-order valence-corrected chi connectivity index (χ2v) is 3.76. The molecule has 14 heavy (non-hydrogen) atoms. The maximum absolute atomic E-state index is 5.40. The van der Waals surface area contributed by atoms with Gasteiger partial charge < -0.3 is 19.9 Å². The molecule has 1 saturated heterocycles. The molecular formula is C7H11N3O3S. The highest BCUT2D eigenvalue weighted by Gasteiger charge is 2.15. The Balaban J connectivity index is 1.76. The molecule has 78 valence electrons. The van der Waals surface area contributed by atoms with E-state index >= 15 is 0 Å². The monoisotopic (exact) mass is 217 g/mol. The Bertz CT molecular complexity index is 287. The molecule has 0 aliphatic carbocycles. The first-order valence-electron chi connectivity index (χ1n) is 4.26. The summed E-state index contributed by atoms with van der Waals surface area (Å²) in [6, 6.07) is 0. The van der Waals surface area contributed by atoms with Crippen molar-refractivity contribution in [3.63, 3.8) is 0 Å². The highest BCUT2D eigenvalue weighted by Crippen LogP contribution is 2.19. The van der Waals surface area contributed by atoms with E-state index in [0.29, 0.717) is 36.8 Å². The Labute approximate surface area is 85.0 Å². The number of nitrogens with two attached hydrogens (primary N) is 1. The van der Waals surface area contributed by atoms with Gasteiger partial charge in [0.15, 0.2) is 0 Å². The third-order valence-corrected chi connectivity index (χ3v) is 2.36. The Morgan fingerprint density at radius 1 is 1.50 bits per heavy atom. The van der Waals surface area contributed by atoms with Gasteiger partial charge in [0.05, 0.1) is 19.8 Å². The van der Waals surface area contributed by atoms with Gasteiger partial charge in [-0.05, 0) is 11.3 Å². The van der Waals surface area contributed by atoms with Crippen molar-refractivity contribution >= 4 is 16.5 Å². The molecule has 1 atom stereocenters. The van der Waals surface area contributed by atoms with Crippen LogP contribution in [0.5, 0.6) is 5.19 Å². The molecule has 1 aliphatic heterocycles. The second kappa shape index (κ2) is 4.54. The van der Waals surface area contributed by atoms with Crippen LogP contribution in [0, 0.1) is 0 Å². The van der Waals surface area contributed by atoms with Crippen molar-refractivity contribution < 1.29 is 14.2 Å². The predicted molar refractivity (Wildman–Crippen MR) is 50.4 cm³/mol. The number of nitrogen functional groups attached to an aromatic ring is 1. The van der Waals surface area contributed by atoms with Crippen LogP contribution in [0.1, 0.15) is 0 Å². The van der Waals surface area contributed by atoms with Crippen molar-refractivity contribution in [1.82, 2.24) is 10.2 Å². The van der Waals surface area contributed by atoms with E-state index in [4.69, 9.17) is 19.9 Å². The smallest absolute Gasteiger partial charge is 0.295 e. The molecule has 0 aromatic carbocycles. The van der Waals surface area contributed by atoms with Gasteiger partial charge in [-0.3, -0.25) is 0 Å². The molecular weight excluding hydrogens is 206 g/mol. The summed E-state index contributed by atoms with van der Waals surface area (Å²) >= 11 is 1.21. The zero-order valence-electron chi connectivity index (χ0n) is 7.51. The van der Waals surface area contributed by atoms with Gasteiger partial charge >= 0.3 is 0 Å². The summed E-state index contributed by atoms with van der Waals surface area (Å²) < 4.78 is 15.9. The van der Waals surface area contributed by atoms with E-state index in [0.717, 1.165) is 0 Å². The van der Waals surface area contributed by atoms with Crippen LogP contribution in [0.4, 0.5) is 5.13 Å². The number of rotatable bonds is 3. The first-order valence-corrected chi connectivity index (χ1v) is 5.07. The topological polar surface area (TPSA) is 79.5 Å². The molecule has 2 N–H and O–H groups in total. The summed E-state index contributed by atoms with van der Waals surface area (Å²) in [7, 11) is 0. The molecule has 1 aromatic heterocycles. The fourth-order valence-electron chi connectivity index (χ4n) is 1.08. The van der Waals surface area contributed by atoms with E-state index in [9.17, 15) is 0 Å². The zero-order valence-corrected chi connectivity index (χ0v) is 8.33. The molecule has 0 bridgehead atoms. The van der Waals surface area contributed by atoms with Crippen LogP contribution in [0.3, 0.4) is 0 Å². The Morgan fingerprint density at radius 3 is 3.07 bits per heavy atom. The third-order valence-electron chi connectivity index (χ3n) is 1.70. The maximum atomic E-state index is 5.40. The minimum absolute atomic E-state index is 0.0196. The van der Waals surface area contributed by atoms with Crippen LogP contribution in [0.2, 0.25) is 0 Å². The lowest BCUT2D eigenvalue weighted by Gasteiger charge is -2.22. The highest BCUT2D eigenvalue weighted by molar-refractivity contribution is 7.16. The van der Waals surface area contributed by atoms with Crippen molar-refractivity contribution in [2.75, 3.05) is 32.2 Å². The van der Waals surface area contributed by atoms with Crippen molar-refractivity contribution in [2.45, 2.75) is 6.10 Å². The van der Waals surface area contributed by atoms with E-state index in [-0.39, 0.29) is 6.10 Å². The molecule has 1 aromatic rings. The Hall–Kier alpha value is -0.920. The number of hydrogen-bond acceptors (Lipinski definition) is 7. The van der Waals surface area contributed by atoms with E-state index in [2.05, 4.69) is 10.2 Å². The van der Waals surface area contributed by atoms with Crippen LogP contribution >= 0.6 is 11.3 Å². The van der Waals surface area contributed by atoms with Crippen molar-refractivity contribution in [1.29, 1.82) is 0 Å². The number of nitrogens with zero attached hydrogens (tertiary/aromatic N) is 2. The first-order chi connectivity index (χ1) is 6.84. The molecule has 2 heterocycles. The van der Waals surface area contributed by atoms with Gasteiger partial charge in [-0.2, -0.15) is 0 Å². The number of aromatic nitrogens is 2. The van der Waals surface area contributed by atoms with Crippen molar-refractivity contribution in [2.24, 2.45) is 0 Å². The molecule has 2 rings (SSSR count). The van der Waals surface area contributed by atoms with Gasteiger partial charge in [-0.1, -0.05) is 5.10 Å². The van der Waals surface area contributed by atoms with Crippen molar-refractivity contribution in [3.8, 4) is 5.19 Å². The standard InChI is InChI=1S/C7H11N3O3S/c8-6-9-10-7(14-6)13-4-5-3-11-1-2-12-5/h5H,1-4H2,(H2,8,9)/t5-/m1/s1. The molecule has 7 heteroatoms. The summed E-state index contributed by atoms with van der Waals surface area (Å²) in [6.07, 6.45) is -0.0196. The average Bonchev–Trinajstić information content (AvgIpc) is 2.63. The molecule has 0 amide bonds. The predicted octanol–water partition coefficient (Wildman–Crippen LogP) is -0.0855. The van der Waals surface area contributed by atoms with Gasteiger partial charge in [0, 0.05) is 0 Å². The van der Waals surface area contributed by atoms with E-state index in [1.807, 2.05) is 0 Å². The zero-order chi connectivity index (χ0) is 9.80. The molecule has 0 saturated carbocycles. The quantitative estimate of drug-likeness (QED) is 0.762. The minimum atomic E-state index is -0.0196. The summed E-state index contributed by atoms with van der Waals surface area (Å²) in [5.41, 5.74) is 5.40. The summed E-state index contributed by atoms with van der Waals surface area (Å²) in [5, 5.41) is 8.23. The third kappa shape index (κ3) is 2.53. The Kier molecular flexibility index (Phi) is 3.12. The second-order valence-electron chi connectivity index (χ2n) is 2.78. The number of hydrogen-bond donors (Lipinski definition) is 1. The molecule has 0 unspecified atom stereocenters. The normalized spacial score (nSPS) is 22.1. The van der Waals surface area contributed by atoms with Gasteiger partial charge in [-0.15, -0.1) is 5.10 Å². The lowest BCUT2D eigenvalue weighted by molar-refractivity contribution is -0.101. The first kappa shape index (κ1) is 9.63. The lowest BCUT2D eigenvalue weighted by atomic mass is 10.4. The number of ether oxygens (including phenoxy) is 3. The van der Waals surface area contributed by atoms with Crippen LogP contribution in [-0.2, 0) is 9.47 Å². The summed E-state index contributed by atoms with van der Waals surface area (Å²) in [6.45, 7) is 2.26. The Morgan fingerprint density at radius 2 is 2.43 bits per heavy atom. The van der Waals surface area contributed by atoms with E-state index < -0.39 is 0 Å². The minimum Gasteiger partial charge on any atom is -0.466 e. The fourth-order valence-corrected chi connectivity index (χ4v) is 1.54. The van der Waals surface area contributed by atoms with Crippen molar-refractivity contribution in [3.05, 3.63) is 0 Å². The van der Waals surface area contributed by atoms with E-state index in [1.165, 1.54) is 11.3 Å². The molecule has 6 nitrogen and oxygen atoms in total. The largest absolute Gasteiger partial charge is 0.466 e. The highest BCUT2D eigenvalue weighted by atomic mass is 32.1. The van der Waals surface area contributed by atoms with Gasteiger partial charge in [0.25, 0.3) is 5.19 Å². The lowest BCUT2D eigenvalue weighted by Crippen LogP contribution is -2.33.